The first-order valence-corrected chi connectivity index (χ1v) is 12.1. The highest BCUT2D eigenvalue weighted by molar-refractivity contribution is 4.98. The fourth-order valence-electron chi connectivity index (χ4n) is 4.02. The summed E-state index contributed by atoms with van der Waals surface area (Å²) in [7, 11) is 0. The van der Waals surface area contributed by atoms with Crippen LogP contribution >= 0.6 is 0 Å². The Bertz CT molecular complexity index is 464. The Balaban J connectivity index is 2.09. The van der Waals surface area contributed by atoms with Crippen molar-refractivity contribution in [3.05, 3.63) is 11.6 Å². The number of hydrogen-bond acceptors (Lipinski definition) is 5. The molecule has 1 rings (SSSR count). The lowest BCUT2D eigenvalue weighted by atomic mass is 9.91. The molecule has 178 valence electrons. The van der Waals surface area contributed by atoms with Crippen molar-refractivity contribution in [2.24, 2.45) is 17.8 Å². The van der Waals surface area contributed by atoms with Crippen molar-refractivity contribution in [3.8, 4) is 0 Å². The predicted octanol–water partition coefficient (Wildman–Crippen LogP) is 4.83. The fourth-order valence-corrected chi connectivity index (χ4v) is 4.02. The summed E-state index contributed by atoms with van der Waals surface area (Å²) >= 11 is 0. The monoisotopic (exact) mass is 428 g/mol. The molecule has 0 spiro atoms. The molecule has 0 aromatic carbocycles. The highest BCUT2D eigenvalue weighted by Crippen LogP contribution is 2.22. The molecule has 1 fully saturated rings. The molecule has 0 aromatic rings. The van der Waals surface area contributed by atoms with Gasteiger partial charge in [0.2, 0.25) is 0 Å². The molecule has 0 radical (unpaired) electrons. The van der Waals surface area contributed by atoms with Gasteiger partial charge in [-0.1, -0.05) is 84.3 Å². The summed E-state index contributed by atoms with van der Waals surface area (Å²) in [6, 6.07) is 0. The Morgan fingerprint density at radius 1 is 0.900 bits per heavy atom. The van der Waals surface area contributed by atoms with Crippen molar-refractivity contribution in [1.29, 1.82) is 0 Å². The predicted molar refractivity (Wildman–Crippen MR) is 122 cm³/mol. The van der Waals surface area contributed by atoms with E-state index < -0.39 is 24.6 Å². The first kappa shape index (κ1) is 27.6. The van der Waals surface area contributed by atoms with E-state index in [4.69, 9.17) is 9.47 Å². The zero-order chi connectivity index (χ0) is 22.5. The van der Waals surface area contributed by atoms with Crippen molar-refractivity contribution in [3.63, 3.8) is 0 Å². The molecule has 6 atom stereocenters. The molecule has 0 saturated carbocycles. The van der Waals surface area contributed by atoms with Gasteiger partial charge in [-0.15, -0.1) is 0 Å². The van der Waals surface area contributed by atoms with Gasteiger partial charge in [-0.05, 0) is 37.5 Å². The zero-order valence-electron chi connectivity index (χ0n) is 20.1. The molecule has 3 unspecified atom stereocenters. The second-order valence-corrected chi connectivity index (χ2v) is 9.99. The Morgan fingerprint density at radius 3 is 2.07 bits per heavy atom. The smallest absolute Gasteiger partial charge is 0.186 e. The van der Waals surface area contributed by atoms with E-state index in [1.807, 2.05) is 6.08 Å². The van der Waals surface area contributed by atoms with Crippen molar-refractivity contribution in [1.82, 2.24) is 0 Å². The molecule has 5 nitrogen and oxygen atoms in total. The lowest BCUT2D eigenvalue weighted by Gasteiger charge is -2.34. The summed E-state index contributed by atoms with van der Waals surface area (Å²) in [4.78, 5) is 0. The van der Waals surface area contributed by atoms with Gasteiger partial charge in [-0.2, -0.15) is 0 Å². The third-order valence-corrected chi connectivity index (χ3v) is 6.29. The van der Waals surface area contributed by atoms with Gasteiger partial charge in [0, 0.05) is 0 Å². The Hall–Kier alpha value is -0.460. The molecular formula is C25H48O5. The maximum absolute atomic E-state index is 9.86. The molecule has 1 saturated heterocycles. The molecule has 0 aromatic heterocycles. The molecule has 0 amide bonds. The number of rotatable bonds is 15. The van der Waals surface area contributed by atoms with E-state index in [0.29, 0.717) is 6.61 Å². The Morgan fingerprint density at radius 2 is 1.47 bits per heavy atom. The van der Waals surface area contributed by atoms with Crippen LogP contribution in [-0.2, 0) is 9.47 Å². The van der Waals surface area contributed by atoms with Gasteiger partial charge in [0.1, 0.15) is 18.3 Å². The zero-order valence-corrected chi connectivity index (χ0v) is 20.1. The Labute approximate surface area is 184 Å². The van der Waals surface area contributed by atoms with Crippen LogP contribution in [0.1, 0.15) is 92.4 Å². The second kappa shape index (κ2) is 15.4. The number of aliphatic hydroxyl groups excluding tert-OH is 3. The van der Waals surface area contributed by atoms with Crippen molar-refractivity contribution in [2.45, 2.75) is 117 Å². The number of hydrogen-bond donors (Lipinski definition) is 3. The van der Waals surface area contributed by atoms with E-state index in [-0.39, 0.29) is 6.61 Å². The average Bonchev–Trinajstić information content (AvgIpc) is 2.67. The maximum Gasteiger partial charge on any atom is 0.186 e. The Kier molecular flexibility index (Phi) is 14.1. The molecule has 1 heterocycles. The summed E-state index contributed by atoms with van der Waals surface area (Å²) in [6.45, 7) is 11.8. The summed E-state index contributed by atoms with van der Waals surface area (Å²) in [5, 5.41) is 29.0. The second-order valence-electron chi connectivity index (χ2n) is 9.99. The van der Waals surface area contributed by atoms with Gasteiger partial charge >= 0.3 is 0 Å². The van der Waals surface area contributed by atoms with Gasteiger partial charge in [-0.3, -0.25) is 0 Å². The summed E-state index contributed by atoms with van der Waals surface area (Å²) in [5.74, 6) is 2.46. The summed E-state index contributed by atoms with van der Waals surface area (Å²) in [6.07, 6.45) is 9.24. The molecule has 1 aliphatic heterocycles. The van der Waals surface area contributed by atoms with Crippen LogP contribution in [0.4, 0.5) is 0 Å². The lowest BCUT2D eigenvalue weighted by molar-refractivity contribution is -0.266. The third-order valence-electron chi connectivity index (χ3n) is 6.29. The van der Waals surface area contributed by atoms with E-state index in [9.17, 15) is 15.3 Å². The van der Waals surface area contributed by atoms with Gasteiger partial charge in [0.05, 0.1) is 13.2 Å². The molecule has 1 aliphatic rings. The minimum Gasteiger partial charge on any atom is -0.388 e. The normalized spacial score (nSPS) is 27.4. The number of aliphatic hydroxyl groups is 3. The largest absolute Gasteiger partial charge is 0.388 e. The van der Waals surface area contributed by atoms with Crippen molar-refractivity contribution in [2.75, 3.05) is 13.2 Å². The molecular weight excluding hydrogens is 380 g/mol. The summed E-state index contributed by atoms with van der Waals surface area (Å²) in [5.41, 5.74) is 1.27. The minimum atomic E-state index is -1.22. The topological polar surface area (TPSA) is 79.2 Å². The molecule has 5 heteroatoms. The van der Waals surface area contributed by atoms with Crippen LogP contribution in [0.3, 0.4) is 0 Å². The quantitative estimate of drug-likeness (QED) is 0.326. The molecule has 30 heavy (non-hydrogen) atoms. The lowest BCUT2D eigenvalue weighted by Crippen LogP contribution is -2.53. The standard InChI is InChI=1S/C25H48O5/c1-18(2)9-6-10-19(3)11-7-12-20(4)13-8-14-21(5)15-16-29-25-24(28)23(27)22(26)17-30-25/h15,18-20,22-28H,6-14,16-17H2,1-5H3/b21-15+/t19?,20?,22-,23+,24-,25?/m1/s1. The molecule has 3 N–H and O–H groups in total. The van der Waals surface area contributed by atoms with E-state index in [1.54, 1.807) is 0 Å². The maximum atomic E-state index is 9.86. The van der Waals surface area contributed by atoms with E-state index in [0.717, 1.165) is 24.2 Å². The molecule has 0 aliphatic carbocycles. The summed E-state index contributed by atoms with van der Waals surface area (Å²) < 4.78 is 10.8. The van der Waals surface area contributed by atoms with Gasteiger partial charge in [0.15, 0.2) is 6.29 Å². The van der Waals surface area contributed by atoms with E-state index in [2.05, 4.69) is 34.6 Å². The van der Waals surface area contributed by atoms with Gasteiger partial charge in [-0.25, -0.2) is 0 Å². The molecule has 0 bridgehead atoms. The minimum absolute atomic E-state index is 0.0276. The first-order valence-electron chi connectivity index (χ1n) is 12.1. The average molecular weight is 429 g/mol. The number of allylic oxidation sites excluding steroid dienone is 1. The van der Waals surface area contributed by atoms with Crippen LogP contribution < -0.4 is 0 Å². The number of ether oxygens (including phenoxy) is 2. The highest BCUT2D eigenvalue weighted by Gasteiger charge is 2.37. The van der Waals surface area contributed by atoms with Crippen LogP contribution in [0.25, 0.3) is 0 Å². The van der Waals surface area contributed by atoms with Crippen LogP contribution in [-0.4, -0.2) is 53.1 Å². The van der Waals surface area contributed by atoms with Crippen LogP contribution in [0, 0.1) is 17.8 Å². The van der Waals surface area contributed by atoms with Crippen LogP contribution in [0.15, 0.2) is 11.6 Å². The van der Waals surface area contributed by atoms with Crippen molar-refractivity contribution >= 4 is 0 Å². The van der Waals surface area contributed by atoms with E-state index >= 15 is 0 Å². The van der Waals surface area contributed by atoms with Crippen LogP contribution in [0.2, 0.25) is 0 Å². The van der Waals surface area contributed by atoms with Gasteiger partial charge in [0.25, 0.3) is 0 Å². The van der Waals surface area contributed by atoms with Crippen molar-refractivity contribution < 1.29 is 24.8 Å². The SMILES string of the molecule is C/C(=C\COC1OC[C@@H](O)[C@H](O)[C@H]1O)CCCC(C)CCCC(C)CCCC(C)C. The van der Waals surface area contributed by atoms with E-state index in [1.165, 1.54) is 56.9 Å². The first-order chi connectivity index (χ1) is 14.2. The van der Waals surface area contributed by atoms with Gasteiger partial charge < -0.3 is 24.8 Å². The third kappa shape index (κ3) is 11.8. The fraction of sp³-hybridized carbons (Fsp3) is 0.920. The van der Waals surface area contributed by atoms with Crippen LogP contribution in [0.5, 0.6) is 0 Å². The highest BCUT2D eigenvalue weighted by atomic mass is 16.7.